The molecule has 0 fully saturated rings. The third-order valence-corrected chi connectivity index (χ3v) is 2.57. The number of ether oxygens (including phenoxy) is 1. The Balaban J connectivity index is 2.90. The normalized spacial score (nSPS) is 12.2. The van der Waals surface area contributed by atoms with Gasteiger partial charge in [-0.15, -0.1) is 6.58 Å². The van der Waals surface area contributed by atoms with E-state index >= 15 is 0 Å². The molecule has 76 valence electrons. The number of halogens is 1. The minimum Gasteiger partial charge on any atom is -0.496 e. The van der Waals surface area contributed by atoms with Crippen LogP contribution in [0.1, 0.15) is 18.1 Å². The number of rotatable bonds is 4. The summed E-state index contributed by atoms with van der Waals surface area (Å²) < 4.78 is 5.94. The van der Waals surface area contributed by atoms with E-state index < -0.39 is 6.10 Å². The molecule has 14 heavy (non-hydrogen) atoms. The van der Waals surface area contributed by atoms with E-state index in [4.69, 9.17) is 4.74 Å². The zero-order chi connectivity index (χ0) is 10.6. The first-order valence-electron chi connectivity index (χ1n) is 4.31. The number of aliphatic hydroxyl groups excluding tert-OH is 1. The summed E-state index contributed by atoms with van der Waals surface area (Å²) >= 11 is 3.36. The van der Waals surface area contributed by atoms with E-state index in [2.05, 4.69) is 22.5 Å². The quantitative estimate of drug-likeness (QED) is 0.840. The van der Waals surface area contributed by atoms with E-state index in [1.165, 1.54) is 0 Å². The van der Waals surface area contributed by atoms with Gasteiger partial charge >= 0.3 is 0 Å². The predicted molar refractivity (Wildman–Crippen MR) is 60.5 cm³/mol. The SMILES string of the molecule is C=CCC(O)c1ccc(OC)c(Br)c1. The van der Waals surface area contributed by atoms with Crippen molar-refractivity contribution < 1.29 is 9.84 Å². The first-order valence-corrected chi connectivity index (χ1v) is 5.10. The number of hydrogen-bond acceptors (Lipinski definition) is 2. The lowest BCUT2D eigenvalue weighted by Crippen LogP contribution is -1.96. The Hall–Kier alpha value is -0.800. The van der Waals surface area contributed by atoms with Crippen molar-refractivity contribution in [3.63, 3.8) is 0 Å². The molecule has 0 amide bonds. The minimum atomic E-state index is -0.491. The minimum absolute atomic E-state index is 0.491. The van der Waals surface area contributed by atoms with Gasteiger partial charge in [-0.25, -0.2) is 0 Å². The van der Waals surface area contributed by atoms with Crippen molar-refractivity contribution in [1.82, 2.24) is 0 Å². The van der Waals surface area contributed by atoms with Gasteiger partial charge in [0.1, 0.15) is 5.75 Å². The lowest BCUT2D eigenvalue weighted by molar-refractivity contribution is 0.181. The second kappa shape index (κ2) is 5.17. The second-order valence-corrected chi connectivity index (χ2v) is 3.79. The highest BCUT2D eigenvalue weighted by atomic mass is 79.9. The van der Waals surface area contributed by atoms with Gasteiger partial charge in [-0.3, -0.25) is 0 Å². The summed E-state index contributed by atoms with van der Waals surface area (Å²) in [5, 5.41) is 9.68. The predicted octanol–water partition coefficient (Wildman–Crippen LogP) is 3.07. The number of benzene rings is 1. The van der Waals surface area contributed by atoms with E-state index in [9.17, 15) is 5.11 Å². The molecule has 0 saturated heterocycles. The van der Waals surface area contributed by atoms with Crippen LogP contribution in [0.4, 0.5) is 0 Å². The molecule has 0 spiro atoms. The van der Waals surface area contributed by atoms with E-state index in [1.807, 2.05) is 18.2 Å². The summed E-state index contributed by atoms with van der Waals surface area (Å²) in [5.41, 5.74) is 0.859. The largest absolute Gasteiger partial charge is 0.496 e. The summed E-state index contributed by atoms with van der Waals surface area (Å²) in [6.07, 6.45) is 1.76. The Morgan fingerprint density at radius 3 is 2.86 bits per heavy atom. The molecular formula is C11H13BrO2. The van der Waals surface area contributed by atoms with Crippen LogP contribution in [0.5, 0.6) is 5.75 Å². The fourth-order valence-corrected chi connectivity index (χ4v) is 1.74. The molecular weight excluding hydrogens is 244 g/mol. The van der Waals surface area contributed by atoms with Crippen LogP contribution in [0.25, 0.3) is 0 Å². The van der Waals surface area contributed by atoms with Gasteiger partial charge in [-0.05, 0) is 40.0 Å². The molecule has 1 aromatic carbocycles. The van der Waals surface area contributed by atoms with Gasteiger partial charge in [0.25, 0.3) is 0 Å². The zero-order valence-electron chi connectivity index (χ0n) is 8.03. The zero-order valence-corrected chi connectivity index (χ0v) is 9.62. The van der Waals surface area contributed by atoms with E-state index in [1.54, 1.807) is 13.2 Å². The van der Waals surface area contributed by atoms with Crippen LogP contribution >= 0.6 is 15.9 Å². The van der Waals surface area contributed by atoms with E-state index in [-0.39, 0.29) is 0 Å². The molecule has 0 saturated carbocycles. The van der Waals surface area contributed by atoms with Crippen LogP contribution in [-0.2, 0) is 0 Å². The summed E-state index contributed by atoms with van der Waals surface area (Å²) in [7, 11) is 1.61. The topological polar surface area (TPSA) is 29.5 Å². The average molecular weight is 257 g/mol. The van der Waals surface area contributed by atoms with Crippen molar-refractivity contribution in [3.8, 4) is 5.75 Å². The maximum atomic E-state index is 9.68. The molecule has 0 bridgehead atoms. The Kier molecular flexibility index (Phi) is 4.17. The van der Waals surface area contributed by atoms with Crippen LogP contribution in [0.2, 0.25) is 0 Å². The molecule has 1 unspecified atom stereocenters. The Morgan fingerprint density at radius 2 is 2.36 bits per heavy atom. The molecule has 1 atom stereocenters. The first kappa shape index (κ1) is 11.3. The van der Waals surface area contributed by atoms with Crippen molar-refractivity contribution >= 4 is 15.9 Å². The Labute approximate surface area is 92.3 Å². The molecule has 3 heteroatoms. The monoisotopic (exact) mass is 256 g/mol. The van der Waals surface area contributed by atoms with Crippen LogP contribution in [0.3, 0.4) is 0 Å². The molecule has 0 heterocycles. The molecule has 0 aliphatic heterocycles. The van der Waals surface area contributed by atoms with Crippen LogP contribution in [0, 0.1) is 0 Å². The van der Waals surface area contributed by atoms with Gasteiger partial charge in [0, 0.05) is 0 Å². The average Bonchev–Trinajstić information content (AvgIpc) is 2.18. The van der Waals surface area contributed by atoms with E-state index in [0.717, 1.165) is 15.8 Å². The highest BCUT2D eigenvalue weighted by molar-refractivity contribution is 9.10. The van der Waals surface area contributed by atoms with Gasteiger partial charge in [-0.1, -0.05) is 12.1 Å². The third-order valence-electron chi connectivity index (χ3n) is 1.95. The second-order valence-electron chi connectivity index (χ2n) is 2.93. The maximum Gasteiger partial charge on any atom is 0.133 e. The summed E-state index contributed by atoms with van der Waals surface area (Å²) in [6, 6.07) is 5.52. The molecule has 1 aromatic rings. The molecule has 1 N–H and O–H groups in total. The smallest absolute Gasteiger partial charge is 0.133 e. The summed E-state index contributed by atoms with van der Waals surface area (Å²) in [4.78, 5) is 0. The van der Waals surface area contributed by atoms with Gasteiger partial charge in [0.2, 0.25) is 0 Å². The maximum absolute atomic E-state index is 9.68. The lowest BCUT2D eigenvalue weighted by Gasteiger charge is -2.10. The third kappa shape index (κ3) is 2.59. The summed E-state index contributed by atoms with van der Waals surface area (Å²) in [6.45, 7) is 3.59. The molecule has 0 aliphatic rings. The molecule has 2 nitrogen and oxygen atoms in total. The number of hydrogen-bond donors (Lipinski definition) is 1. The molecule has 0 aromatic heterocycles. The Morgan fingerprint density at radius 1 is 1.64 bits per heavy atom. The van der Waals surface area contributed by atoms with Gasteiger partial charge in [0.15, 0.2) is 0 Å². The highest BCUT2D eigenvalue weighted by Crippen LogP contribution is 2.28. The number of aliphatic hydroxyl groups is 1. The van der Waals surface area contributed by atoms with Crippen molar-refractivity contribution in [1.29, 1.82) is 0 Å². The van der Waals surface area contributed by atoms with Crippen LogP contribution in [0.15, 0.2) is 35.3 Å². The molecule has 0 radical (unpaired) electrons. The van der Waals surface area contributed by atoms with Crippen molar-refractivity contribution in [2.75, 3.05) is 7.11 Å². The van der Waals surface area contributed by atoms with E-state index in [0.29, 0.717) is 6.42 Å². The number of methoxy groups -OCH3 is 1. The highest BCUT2D eigenvalue weighted by Gasteiger charge is 2.07. The van der Waals surface area contributed by atoms with Gasteiger partial charge < -0.3 is 9.84 Å². The molecule has 0 aliphatic carbocycles. The first-order chi connectivity index (χ1) is 6.69. The van der Waals surface area contributed by atoms with Crippen molar-refractivity contribution in [2.24, 2.45) is 0 Å². The van der Waals surface area contributed by atoms with Gasteiger partial charge in [0.05, 0.1) is 17.7 Å². The fraction of sp³-hybridized carbons (Fsp3) is 0.273. The van der Waals surface area contributed by atoms with Gasteiger partial charge in [-0.2, -0.15) is 0 Å². The summed E-state index contributed by atoms with van der Waals surface area (Å²) in [5.74, 6) is 0.763. The van der Waals surface area contributed by atoms with Crippen LogP contribution in [-0.4, -0.2) is 12.2 Å². The van der Waals surface area contributed by atoms with Crippen molar-refractivity contribution in [2.45, 2.75) is 12.5 Å². The van der Waals surface area contributed by atoms with Crippen molar-refractivity contribution in [3.05, 3.63) is 40.9 Å². The standard InChI is InChI=1S/C11H13BrO2/c1-3-4-10(13)8-5-6-11(14-2)9(12)7-8/h3,5-7,10,13H,1,4H2,2H3. The Bertz CT molecular complexity index is 323. The fourth-order valence-electron chi connectivity index (χ4n) is 1.18. The van der Waals surface area contributed by atoms with Crippen LogP contribution < -0.4 is 4.74 Å². The lowest BCUT2D eigenvalue weighted by atomic mass is 10.1. The molecule has 1 rings (SSSR count).